The van der Waals surface area contributed by atoms with E-state index in [4.69, 9.17) is 19.3 Å². The first kappa shape index (κ1) is 9.80. The van der Waals surface area contributed by atoms with Crippen LogP contribution in [0.1, 0.15) is 5.56 Å². The zero-order chi connectivity index (χ0) is 9.84. The normalized spacial score (nSPS) is 12.4. The molecule has 13 heavy (non-hydrogen) atoms. The van der Waals surface area contributed by atoms with Crippen LogP contribution in [0.3, 0.4) is 0 Å². The summed E-state index contributed by atoms with van der Waals surface area (Å²) in [5.41, 5.74) is 12.1. The third-order valence-corrected chi connectivity index (χ3v) is 1.77. The van der Waals surface area contributed by atoms with Crippen LogP contribution in [0, 0.1) is 0 Å². The van der Waals surface area contributed by atoms with Gasteiger partial charge in [0.15, 0.2) is 0 Å². The van der Waals surface area contributed by atoms with E-state index in [0.717, 1.165) is 5.56 Å². The van der Waals surface area contributed by atoms with Gasteiger partial charge in [-0.15, -0.1) is 0 Å². The van der Waals surface area contributed by atoms with Gasteiger partial charge in [0.1, 0.15) is 7.85 Å². The van der Waals surface area contributed by atoms with Crippen molar-refractivity contribution in [2.75, 3.05) is 0 Å². The fraction of sp³-hybridized carbons (Fsp3) is 0.222. The highest BCUT2D eigenvalue weighted by molar-refractivity contribution is 6.32. The molecular weight excluding hydrogens is 163 g/mol. The number of carbonyl (C=O) groups excluding carboxylic acids is 1. The summed E-state index contributed by atoms with van der Waals surface area (Å²) in [7, 11) is 5.55. The van der Waals surface area contributed by atoms with Gasteiger partial charge < -0.3 is 11.5 Å². The fourth-order valence-electron chi connectivity index (χ4n) is 1.07. The minimum Gasteiger partial charge on any atom is -0.368 e. The molecule has 0 saturated heterocycles. The molecule has 0 aliphatic rings. The minimum absolute atomic E-state index is 0.431. The monoisotopic (exact) mass is 174 g/mol. The largest absolute Gasteiger partial charge is 0.368 e. The summed E-state index contributed by atoms with van der Waals surface area (Å²) in [4.78, 5) is 10.7. The predicted molar refractivity (Wildman–Crippen MR) is 52.7 cm³/mol. The van der Waals surface area contributed by atoms with Crippen molar-refractivity contribution in [3.05, 3.63) is 29.8 Å². The maximum Gasteiger partial charge on any atom is 0.234 e. The third-order valence-electron chi connectivity index (χ3n) is 1.77. The summed E-state index contributed by atoms with van der Waals surface area (Å²) in [6.07, 6.45) is 0.431. The molecule has 0 bridgehead atoms. The lowest BCUT2D eigenvalue weighted by Gasteiger charge is -2.07. The summed E-state index contributed by atoms with van der Waals surface area (Å²) in [6, 6.07) is 6.60. The second kappa shape index (κ2) is 4.09. The minimum atomic E-state index is -0.637. The number of carbonyl (C=O) groups is 1. The topological polar surface area (TPSA) is 69.1 Å². The van der Waals surface area contributed by atoms with Gasteiger partial charge in [-0.25, -0.2) is 0 Å². The predicted octanol–water partition coefficient (Wildman–Crippen LogP) is -1.16. The van der Waals surface area contributed by atoms with Crippen LogP contribution in [-0.4, -0.2) is 19.8 Å². The number of rotatable bonds is 3. The molecule has 0 unspecified atom stereocenters. The van der Waals surface area contributed by atoms with Crippen LogP contribution in [0.15, 0.2) is 24.3 Å². The summed E-state index contributed by atoms with van der Waals surface area (Å²) in [5.74, 6) is -0.498. The molecule has 0 spiro atoms. The van der Waals surface area contributed by atoms with Crippen LogP contribution in [0.2, 0.25) is 0 Å². The molecule has 0 fully saturated rings. The Balaban J connectivity index is 2.69. The van der Waals surface area contributed by atoms with Crippen molar-refractivity contribution in [3.63, 3.8) is 0 Å². The summed E-state index contributed by atoms with van der Waals surface area (Å²) < 4.78 is 0. The number of amides is 1. The third kappa shape index (κ3) is 2.91. The van der Waals surface area contributed by atoms with Crippen LogP contribution < -0.4 is 16.9 Å². The molecule has 1 aromatic rings. The molecule has 0 aromatic heterocycles. The second-order valence-electron chi connectivity index (χ2n) is 2.96. The molecule has 3 nitrogen and oxygen atoms in total. The highest BCUT2D eigenvalue weighted by Gasteiger charge is 2.09. The average Bonchev–Trinajstić information content (AvgIpc) is 2.04. The van der Waals surface area contributed by atoms with Gasteiger partial charge in [-0.3, -0.25) is 4.79 Å². The van der Waals surface area contributed by atoms with Crippen LogP contribution in [0.25, 0.3) is 0 Å². The fourth-order valence-corrected chi connectivity index (χ4v) is 1.07. The van der Waals surface area contributed by atoms with Gasteiger partial charge in [0, 0.05) is 0 Å². The van der Waals surface area contributed by atoms with Crippen molar-refractivity contribution >= 4 is 19.2 Å². The Morgan fingerprint density at radius 1 is 1.54 bits per heavy atom. The number of hydrogen-bond donors (Lipinski definition) is 2. The van der Waals surface area contributed by atoms with Crippen LogP contribution in [0.5, 0.6) is 0 Å². The van der Waals surface area contributed by atoms with E-state index in [9.17, 15) is 4.79 Å². The standard InChI is InChI=1S/C9H11BN2O/c10-7-3-1-2-6(4-7)5-8(11)9(12)13/h1-4,8H,5,11H2,(H2,12,13)/t8-/m0/s1. The summed E-state index contributed by atoms with van der Waals surface area (Å²) in [5, 5.41) is 0. The van der Waals surface area contributed by atoms with Gasteiger partial charge in [0.2, 0.25) is 5.91 Å². The van der Waals surface area contributed by atoms with Gasteiger partial charge in [0.05, 0.1) is 6.04 Å². The zero-order valence-corrected chi connectivity index (χ0v) is 7.23. The van der Waals surface area contributed by atoms with Gasteiger partial charge in [0.25, 0.3) is 0 Å². The highest BCUT2D eigenvalue weighted by atomic mass is 16.1. The second-order valence-corrected chi connectivity index (χ2v) is 2.96. The van der Waals surface area contributed by atoms with Crippen molar-refractivity contribution in [2.24, 2.45) is 11.5 Å². The van der Waals surface area contributed by atoms with Gasteiger partial charge in [-0.1, -0.05) is 29.7 Å². The molecule has 0 saturated carbocycles. The van der Waals surface area contributed by atoms with Crippen LogP contribution in [-0.2, 0) is 11.2 Å². The Morgan fingerprint density at radius 3 is 2.77 bits per heavy atom. The summed E-state index contributed by atoms with van der Waals surface area (Å²) >= 11 is 0. The van der Waals surface area contributed by atoms with E-state index in [-0.39, 0.29) is 0 Å². The first-order chi connectivity index (χ1) is 6.09. The molecule has 66 valence electrons. The molecule has 2 radical (unpaired) electrons. The molecule has 1 atom stereocenters. The average molecular weight is 174 g/mol. The Hall–Kier alpha value is -1.29. The maximum atomic E-state index is 10.7. The number of primary amides is 1. The van der Waals surface area contributed by atoms with E-state index < -0.39 is 11.9 Å². The van der Waals surface area contributed by atoms with E-state index in [2.05, 4.69) is 0 Å². The van der Waals surface area contributed by atoms with E-state index in [1.54, 1.807) is 12.1 Å². The van der Waals surface area contributed by atoms with E-state index >= 15 is 0 Å². The quantitative estimate of drug-likeness (QED) is 0.567. The maximum absolute atomic E-state index is 10.7. The lowest BCUT2D eigenvalue weighted by molar-refractivity contribution is -0.119. The first-order valence-corrected chi connectivity index (χ1v) is 3.99. The molecule has 4 heteroatoms. The Kier molecular flexibility index (Phi) is 3.09. The van der Waals surface area contributed by atoms with Crippen LogP contribution >= 0.6 is 0 Å². The van der Waals surface area contributed by atoms with E-state index in [1.165, 1.54) is 0 Å². The van der Waals surface area contributed by atoms with Crippen molar-refractivity contribution in [1.82, 2.24) is 0 Å². The lowest BCUT2D eigenvalue weighted by atomic mass is 9.93. The van der Waals surface area contributed by atoms with E-state index in [1.807, 2.05) is 12.1 Å². The van der Waals surface area contributed by atoms with Crippen molar-refractivity contribution in [3.8, 4) is 0 Å². The van der Waals surface area contributed by atoms with Gasteiger partial charge in [-0.05, 0) is 12.0 Å². The number of nitrogens with two attached hydrogens (primary N) is 2. The molecule has 1 aromatic carbocycles. The van der Waals surface area contributed by atoms with Crippen molar-refractivity contribution < 1.29 is 4.79 Å². The molecule has 1 rings (SSSR count). The zero-order valence-electron chi connectivity index (χ0n) is 7.23. The van der Waals surface area contributed by atoms with E-state index in [0.29, 0.717) is 11.9 Å². The Labute approximate surface area is 78.5 Å². The lowest BCUT2D eigenvalue weighted by Crippen LogP contribution is -2.38. The molecular formula is C9H11BN2O. The highest BCUT2D eigenvalue weighted by Crippen LogP contribution is 1.99. The van der Waals surface area contributed by atoms with Gasteiger partial charge >= 0.3 is 0 Å². The first-order valence-electron chi connectivity index (χ1n) is 3.99. The molecule has 4 N–H and O–H groups in total. The number of benzene rings is 1. The molecule has 0 aliphatic carbocycles. The van der Waals surface area contributed by atoms with Crippen LogP contribution in [0.4, 0.5) is 0 Å². The van der Waals surface area contributed by atoms with Crippen molar-refractivity contribution in [2.45, 2.75) is 12.5 Å². The molecule has 0 heterocycles. The number of hydrogen-bond acceptors (Lipinski definition) is 2. The summed E-state index contributed by atoms with van der Waals surface area (Å²) in [6.45, 7) is 0. The van der Waals surface area contributed by atoms with Crippen molar-refractivity contribution in [1.29, 1.82) is 0 Å². The Bertz CT molecular complexity index is 314. The van der Waals surface area contributed by atoms with Gasteiger partial charge in [-0.2, -0.15) is 0 Å². The molecule has 0 aliphatic heterocycles. The smallest absolute Gasteiger partial charge is 0.234 e. The SMILES string of the molecule is [B]c1cccc(C[C@H](N)C(N)=O)c1. The Morgan fingerprint density at radius 2 is 2.23 bits per heavy atom. The molecule has 1 amide bonds.